The summed E-state index contributed by atoms with van der Waals surface area (Å²) in [4.78, 5) is 10.7. The van der Waals surface area contributed by atoms with Gasteiger partial charge in [0.1, 0.15) is 5.75 Å². The normalized spacial score (nSPS) is 16.0. The van der Waals surface area contributed by atoms with Gasteiger partial charge in [0, 0.05) is 6.42 Å². The molecule has 1 aliphatic carbocycles. The minimum absolute atomic E-state index is 0.276. The lowest BCUT2D eigenvalue weighted by molar-refractivity contribution is 0.0226. The van der Waals surface area contributed by atoms with Gasteiger partial charge < -0.3 is 14.6 Å². The summed E-state index contributed by atoms with van der Waals surface area (Å²) in [5.74, 6) is -0.218. The molecule has 0 aliphatic heterocycles. The molecule has 0 amide bonds. The molecule has 2 rings (SSSR count). The smallest absolute Gasteiger partial charge is 0.335 e. The maximum atomic E-state index is 10.7. The van der Waals surface area contributed by atoms with E-state index in [1.165, 1.54) is 32.1 Å². The van der Waals surface area contributed by atoms with Crippen LogP contribution >= 0.6 is 0 Å². The third-order valence-corrected chi connectivity index (χ3v) is 3.56. The number of rotatable bonds is 7. The highest BCUT2D eigenvalue weighted by Crippen LogP contribution is 2.20. The van der Waals surface area contributed by atoms with Crippen LogP contribution in [0.3, 0.4) is 0 Å². The van der Waals surface area contributed by atoms with Gasteiger partial charge in [0.25, 0.3) is 0 Å². The number of aromatic carboxylic acids is 1. The number of carboxylic acid groups (broad SMARTS) is 1. The molecule has 0 saturated heterocycles. The molecule has 0 spiro atoms. The molecule has 110 valence electrons. The summed E-state index contributed by atoms with van der Waals surface area (Å²) in [5, 5.41) is 8.79. The molecule has 0 atom stereocenters. The highest BCUT2D eigenvalue weighted by Gasteiger charge is 2.12. The third-order valence-electron chi connectivity index (χ3n) is 3.56. The van der Waals surface area contributed by atoms with Gasteiger partial charge in [-0.15, -0.1) is 0 Å². The van der Waals surface area contributed by atoms with Crippen LogP contribution in [-0.4, -0.2) is 30.4 Å². The molecule has 1 N–H and O–H groups in total. The van der Waals surface area contributed by atoms with E-state index in [1.54, 1.807) is 24.3 Å². The Kier molecular flexibility index (Phi) is 5.87. The van der Waals surface area contributed by atoms with Crippen LogP contribution in [0.2, 0.25) is 0 Å². The van der Waals surface area contributed by atoms with E-state index in [-0.39, 0.29) is 5.56 Å². The van der Waals surface area contributed by atoms with Crippen LogP contribution in [0.1, 0.15) is 48.9 Å². The average Bonchev–Trinajstić information content (AvgIpc) is 2.48. The molecule has 0 unspecified atom stereocenters. The molecule has 1 aromatic rings. The zero-order chi connectivity index (χ0) is 14.2. The van der Waals surface area contributed by atoms with E-state index >= 15 is 0 Å². The second-order valence-corrected chi connectivity index (χ2v) is 5.16. The van der Waals surface area contributed by atoms with Gasteiger partial charge in [0.15, 0.2) is 0 Å². The van der Waals surface area contributed by atoms with E-state index in [1.807, 2.05) is 0 Å². The van der Waals surface area contributed by atoms with E-state index < -0.39 is 5.97 Å². The van der Waals surface area contributed by atoms with E-state index in [2.05, 4.69) is 0 Å². The molecule has 4 nitrogen and oxygen atoms in total. The van der Waals surface area contributed by atoms with E-state index in [9.17, 15) is 4.79 Å². The molecular weight excluding hydrogens is 256 g/mol. The second-order valence-electron chi connectivity index (χ2n) is 5.16. The van der Waals surface area contributed by atoms with Crippen LogP contribution in [0.5, 0.6) is 5.75 Å². The average molecular weight is 278 g/mol. The number of hydrogen-bond donors (Lipinski definition) is 1. The Balaban J connectivity index is 1.59. The summed E-state index contributed by atoms with van der Waals surface area (Å²) >= 11 is 0. The summed E-state index contributed by atoms with van der Waals surface area (Å²) in [5.41, 5.74) is 0.276. The van der Waals surface area contributed by atoms with E-state index in [0.717, 1.165) is 13.0 Å². The topological polar surface area (TPSA) is 55.8 Å². The Hall–Kier alpha value is -1.55. The van der Waals surface area contributed by atoms with Crippen molar-refractivity contribution in [3.63, 3.8) is 0 Å². The lowest BCUT2D eigenvalue weighted by atomic mass is 9.98. The van der Waals surface area contributed by atoms with E-state index in [0.29, 0.717) is 18.5 Å². The van der Waals surface area contributed by atoms with Gasteiger partial charge >= 0.3 is 5.97 Å². The van der Waals surface area contributed by atoms with Crippen molar-refractivity contribution in [2.45, 2.75) is 44.6 Å². The van der Waals surface area contributed by atoms with Crippen LogP contribution in [0.15, 0.2) is 24.3 Å². The van der Waals surface area contributed by atoms with Crippen LogP contribution < -0.4 is 4.74 Å². The van der Waals surface area contributed by atoms with E-state index in [4.69, 9.17) is 14.6 Å². The predicted molar refractivity (Wildman–Crippen MR) is 76.3 cm³/mol. The van der Waals surface area contributed by atoms with Gasteiger partial charge in [-0.05, 0) is 37.1 Å². The largest absolute Gasteiger partial charge is 0.494 e. The summed E-state index contributed by atoms with van der Waals surface area (Å²) in [6.45, 7) is 1.33. The summed E-state index contributed by atoms with van der Waals surface area (Å²) in [6.07, 6.45) is 7.61. The molecule has 0 radical (unpaired) electrons. The first kappa shape index (κ1) is 14.9. The maximum absolute atomic E-state index is 10.7. The summed E-state index contributed by atoms with van der Waals surface area (Å²) in [6, 6.07) is 6.48. The van der Waals surface area contributed by atoms with Gasteiger partial charge in [-0.1, -0.05) is 19.3 Å². The zero-order valence-electron chi connectivity index (χ0n) is 11.7. The Bertz CT molecular complexity index is 407. The molecule has 1 saturated carbocycles. The Morgan fingerprint density at radius 1 is 1.10 bits per heavy atom. The lowest BCUT2D eigenvalue weighted by Crippen LogP contribution is -2.18. The second kappa shape index (κ2) is 7.90. The van der Waals surface area contributed by atoms with Crippen molar-refractivity contribution in [3.8, 4) is 5.75 Å². The number of carbonyl (C=O) groups is 1. The monoisotopic (exact) mass is 278 g/mol. The molecular formula is C16H22O4. The van der Waals surface area contributed by atoms with Crippen molar-refractivity contribution in [1.29, 1.82) is 0 Å². The molecule has 1 aliphatic rings. The fraction of sp³-hybridized carbons (Fsp3) is 0.562. The van der Waals surface area contributed by atoms with Crippen molar-refractivity contribution in [2.75, 3.05) is 13.2 Å². The number of hydrogen-bond acceptors (Lipinski definition) is 3. The fourth-order valence-electron chi connectivity index (χ4n) is 2.42. The number of benzene rings is 1. The van der Waals surface area contributed by atoms with Gasteiger partial charge in [-0.3, -0.25) is 0 Å². The maximum Gasteiger partial charge on any atom is 0.335 e. The Morgan fingerprint density at radius 3 is 2.45 bits per heavy atom. The predicted octanol–water partition coefficient (Wildman–Crippen LogP) is 3.50. The molecule has 0 aromatic heterocycles. The number of carboxylic acids is 1. The van der Waals surface area contributed by atoms with Crippen LogP contribution in [0.25, 0.3) is 0 Å². The van der Waals surface area contributed by atoms with Crippen LogP contribution in [0, 0.1) is 0 Å². The van der Waals surface area contributed by atoms with Gasteiger partial charge in [0.05, 0.1) is 24.9 Å². The highest BCUT2D eigenvalue weighted by atomic mass is 16.5. The summed E-state index contributed by atoms with van der Waals surface area (Å²) in [7, 11) is 0. The van der Waals surface area contributed by atoms with Crippen molar-refractivity contribution in [1.82, 2.24) is 0 Å². The lowest BCUT2D eigenvalue weighted by Gasteiger charge is -2.21. The van der Waals surface area contributed by atoms with Gasteiger partial charge in [-0.25, -0.2) is 4.79 Å². The first-order valence-corrected chi connectivity index (χ1v) is 7.33. The quantitative estimate of drug-likeness (QED) is 0.775. The minimum Gasteiger partial charge on any atom is -0.494 e. The van der Waals surface area contributed by atoms with Crippen LogP contribution in [0.4, 0.5) is 0 Å². The minimum atomic E-state index is -0.919. The van der Waals surface area contributed by atoms with Crippen molar-refractivity contribution >= 4 is 5.97 Å². The standard InChI is InChI=1S/C16H22O4/c17-16(18)13-7-9-15(10-8-13)20-12-4-11-19-14-5-2-1-3-6-14/h7-10,14H,1-6,11-12H2,(H,17,18). The van der Waals surface area contributed by atoms with Crippen molar-refractivity contribution < 1.29 is 19.4 Å². The fourth-order valence-corrected chi connectivity index (χ4v) is 2.42. The van der Waals surface area contributed by atoms with Crippen LogP contribution in [-0.2, 0) is 4.74 Å². The van der Waals surface area contributed by atoms with Gasteiger partial charge in [0.2, 0.25) is 0 Å². The first-order chi connectivity index (χ1) is 9.75. The van der Waals surface area contributed by atoms with Crippen molar-refractivity contribution in [3.05, 3.63) is 29.8 Å². The highest BCUT2D eigenvalue weighted by molar-refractivity contribution is 5.87. The SMILES string of the molecule is O=C(O)c1ccc(OCCCOC2CCCCC2)cc1. The van der Waals surface area contributed by atoms with Crippen molar-refractivity contribution in [2.24, 2.45) is 0 Å². The molecule has 0 heterocycles. The molecule has 0 bridgehead atoms. The molecule has 4 heteroatoms. The molecule has 1 aromatic carbocycles. The molecule has 20 heavy (non-hydrogen) atoms. The number of ether oxygens (including phenoxy) is 2. The first-order valence-electron chi connectivity index (χ1n) is 7.33. The summed E-state index contributed by atoms with van der Waals surface area (Å²) < 4.78 is 11.4. The third kappa shape index (κ3) is 4.85. The van der Waals surface area contributed by atoms with Gasteiger partial charge in [-0.2, -0.15) is 0 Å². The zero-order valence-corrected chi connectivity index (χ0v) is 11.7. The Morgan fingerprint density at radius 2 is 1.80 bits per heavy atom. The Labute approximate surface area is 119 Å². The molecule has 1 fully saturated rings.